The van der Waals surface area contributed by atoms with E-state index in [1.807, 2.05) is 12.1 Å². The lowest BCUT2D eigenvalue weighted by Gasteiger charge is -2.14. The molecule has 2 aliphatic rings. The summed E-state index contributed by atoms with van der Waals surface area (Å²) in [5.41, 5.74) is 3.01. The lowest BCUT2D eigenvalue weighted by atomic mass is 10.2. The number of aromatic nitrogens is 1. The van der Waals surface area contributed by atoms with E-state index in [4.69, 9.17) is 16.7 Å². The smallest absolute Gasteiger partial charge is 0.305 e. The molecule has 0 bridgehead atoms. The summed E-state index contributed by atoms with van der Waals surface area (Å²) in [7, 11) is 0. The van der Waals surface area contributed by atoms with Gasteiger partial charge in [-0.3, -0.25) is 9.79 Å². The number of H-pyrrole nitrogens is 1. The van der Waals surface area contributed by atoms with E-state index in [9.17, 15) is 4.79 Å². The zero-order chi connectivity index (χ0) is 17.4. The van der Waals surface area contributed by atoms with Gasteiger partial charge in [0.15, 0.2) is 0 Å². The Morgan fingerprint density at radius 2 is 2.16 bits per heavy atom. The number of rotatable bonds is 5. The van der Waals surface area contributed by atoms with Gasteiger partial charge in [0, 0.05) is 22.2 Å². The zero-order valence-corrected chi connectivity index (χ0v) is 15.3. The molecule has 0 amide bonds. The van der Waals surface area contributed by atoms with Gasteiger partial charge in [0.2, 0.25) is 0 Å². The van der Waals surface area contributed by atoms with Crippen molar-refractivity contribution in [3.05, 3.63) is 28.9 Å². The molecule has 1 saturated carbocycles. The molecule has 2 heterocycles. The minimum Gasteiger partial charge on any atom is -0.481 e. The number of anilines is 1. The van der Waals surface area contributed by atoms with E-state index in [0.717, 1.165) is 27.3 Å². The van der Waals surface area contributed by atoms with Crippen LogP contribution in [0.25, 0.3) is 10.9 Å². The highest BCUT2D eigenvalue weighted by Crippen LogP contribution is 2.33. The number of carboxylic acids is 1. The van der Waals surface area contributed by atoms with Crippen molar-refractivity contribution in [3.8, 4) is 0 Å². The molecular formula is C18H20ClN3O2S. The van der Waals surface area contributed by atoms with Crippen LogP contribution in [-0.2, 0) is 4.79 Å². The first kappa shape index (κ1) is 16.8. The number of aliphatic carboxylic acids is 1. The Kier molecular flexibility index (Phi) is 4.65. The number of benzene rings is 1. The van der Waals surface area contributed by atoms with Crippen molar-refractivity contribution >= 4 is 51.0 Å². The van der Waals surface area contributed by atoms with Gasteiger partial charge in [-0.1, -0.05) is 24.4 Å². The van der Waals surface area contributed by atoms with Gasteiger partial charge in [0.05, 0.1) is 29.4 Å². The average Bonchev–Trinajstić information content (AvgIpc) is 3.26. The minimum absolute atomic E-state index is 0.0804. The fraction of sp³-hybridized carbons (Fsp3) is 0.444. The van der Waals surface area contributed by atoms with E-state index >= 15 is 0 Å². The van der Waals surface area contributed by atoms with Crippen LogP contribution in [0.15, 0.2) is 23.2 Å². The summed E-state index contributed by atoms with van der Waals surface area (Å²) >= 11 is 7.91. The average molecular weight is 378 g/mol. The van der Waals surface area contributed by atoms with E-state index in [-0.39, 0.29) is 12.5 Å². The third-order valence-corrected chi connectivity index (χ3v) is 6.13. The summed E-state index contributed by atoms with van der Waals surface area (Å²) in [6.45, 7) is 0. The first-order chi connectivity index (χ1) is 12.1. The molecule has 2 aromatic rings. The van der Waals surface area contributed by atoms with Crippen molar-refractivity contribution in [3.63, 3.8) is 0 Å². The Hall–Kier alpha value is -1.66. The molecule has 1 aromatic heterocycles. The maximum atomic E-state index is 10.9. The van der Waals surface area contributed by atoms with Gasteiger partial charge in [-0.05, 0) is 31.0 Å². The molecule has 25 heavy (non-hydrogen) atoms. The number of fused-ring (bicyclic) bond motifs is 1. The van der Waals surface area contributed by atoms with Gasteiger partial charge in [-0.25, -0.2) is 0 Å². The summed E-state index contributed by atoms with van der Waals surface area (Å²) in [5.74, 6) is -0.0904. The van der Waals surface area contributed by atoms with Crippen LogP contribution in [0, 0.1) is 0 Å². The molecular weight excluding hydrogens is 358 g/mol. The molecule has 1 atom stereocenters. The molecule has 4 rings (SSSR count). The standard InChI is InChI=1S/C18H20ClN3O2S/c19-11-5-10-6-15(18-21-13(9-25-18)8-16(23)24)22-17(10)14(7-11)20-12-3-1-2-4-12/h5-7,12-13,20,22H,1-4,8-9H2,(H,23,24)/t13-/m0/s1. The first-order valence-electron chi connectivity index (χ1n) is 8.60. The van der Waals surface area contributed by atoms with Gasteiger partial charge in [-0.15, -0.1) is 11.8 Å². The van der Waals surface area contributed by atoms with Crippen molar-refractivity contribution in [2.75, 3.05) is 11.1 Å². The van der Waals surface area contributed by atoms with E-state index in [1.54, 1.807) is 11.8 Å². The van der Waals surface area contributed by atoms with Crippen LogP contribution in [-0.4, -0.2) is 38.9 Å². The first-order valence-corrected chi connectivity index (χ1v) is 9.96. The second kappa shape index (κ2) is 6.92. The second-order valence-electron chi connectivity index (χ2n) is 6.72. The van der Waals surface area contributed by atoms with Crippen LogP contribution in [0.1, 0.15) is 37.8 Å². The molecule has 0 unspecified atom stereocenters. The SMILES string of the molecule is O=C(O)C[C@H]1CSC(c2cc3cc(Cl)cc(NC4CCCC4)c3[nH]2)=N1. The van der Waals surface area contributed by atoms with Crippen LogP contribution in [0.5, 0.6) is 0 Å². The molecule has 7 heteroatoms. The minimum atomic E-state index is -0.804. The quantitative estimate of drug-likeness (QED) is 0.716. The van der Waals surface area contributed by atoms with Crippen LogP contribution in [0.2, 0.25) is 5.02 Å². The zero-order valence-electron chi connectivity index (χ0n) is 13.7. The molecule has 3 N–H and O–H groups in total. The number of carboxylic acid groups (broad SMARTS) is 1. The topological polar surface area (TPSA) is 77.5 Å². The van der Waals surface area contributed by atoms with Crippen LogP contribution in [0.4, 0.5) is 5.69 Å². The van der Waals surface area contributed by atoms with E-state index in [0.29, 0.717) is 16.8 Å². The third kappa shape index (κ3) is 3.65. The molecule has 1 fully saturated rings. The predicted octanol–water partition coefficient (Wildman–Crippen LogP) is 4.51. The maximum absolute atomic E-state index is 10.9. The van der Waals surface area contributed by atoms with Crippen LogP contribution in [0.3, 0.4) is 0 Å². The molecule has 0 saturated heterocycles. The van der Waals surface area contributed by atoms with E-state index in [1.165, 1.54) is 25.7 Å². The largest absolute Gasteiger partial charge is 0.481 e. The summed E-state index contributed by atoms with van der Waals surface area (Å²) in [5, 5.41) is 15.2. The summed E-state index contributed by atoms with van der Waals surface area (Å²) < 4.78 is 0. The van der Waals surface area contributed by atoms with Gasteiger partial charge < -0.3 is 15.4 Å². The third-order valence-electron chi connectivity index (χ3n) is 4.76. The highest BCUT2D eigenvalue weighted by atomic mass is 35.5. The van der Waals surface area contributed by atoms with Gasteiger partial charge >= 0.3 is 5.97 Å². The van der Waals surface area contributed by atoms with Gasteiger partial charge in [-0.2, -0.15) is 0 Å². The summed E-state index contributed by atoms with van der Waals surface area (Å²) in [6.07, 6.45) is 5.02. The van der Waals surface area contributed by atoms with Crippen LogP contribution >= 0.6 is 23.4 Å². The Morgan fingerprint density at radius 3 is 2.92 bits per heavy atom. The number of nitrogens with one attached hydrogen (secondary N) is 2. The summed E-state index contributed by atoms with van der Waals surface area (Å²) in [6, 6.07) is 6.33. The number of nitrogens with zero attached hydrogens (tertiary/aromatic N) is 1. The van der Waals surface area contributed by atoms with Crippen molar-refractivity contribution in [1.82, 2.24) is 4.98 Å². The number of hydrogen-bond acceptors (Lipinski definition) is 4. The molecule has 1 aliphatic carbocycles. The fourth-order valence-corrected chi connectivity index (χ4v) is 4.85. The number of hydrogen-bond donors (Lipinski definition) is 3. The Labute approximate surface area is 155 Å². The Bertz CT molecular complexity index is 842. The maximum Gasteiger partial charge on any atom is 0.305 e. The predicted molar refractivity (Wildman–Crippen MR) is 104 cm³/mol. The molecule has 1 aromatic carbocycles. The van der Waals surface area contributed by atoms with Crippen molar-refractivity contribution < 1.29 is 9.90 Å². The molecule has 0 spiro atoms. The fourth-order valence-electron chi connectivity index (χ4n) is 3.60. The van der Waals surface area contributed by atoms with E-state index in [2.05, 4.69) is 21.4 Å². The van der Waals surface area contributed by atoms with Gasteiger partial charge in [0.25, 0.3) is 0 Å². The molecule has 0 radical (unpaired) electrons. The molecule has 5 nitrogen and oxygen atoms in total. The highest BCUT2D eigenvalue weighted by Gasteiger charge is 2.23. The lowest BCUT2D eigenvalue weighted by Crippen LogP contribution is -2.14. The second-order valence-corrected chi connectivity index (χ2v) is 8.17. The summed E-state index contributed by atoms with van der Waals surface area (Å²) in [4.78, 5) is 18.9. The molecule has 132 valence electrons. The number of carbonyl (C=O) groups is 1. The van der Waals surface area contributed by atoms with Crippen molar-refractivity contribution in [1.29, 1.82) is 0 Å². The number of halogens is 1. The number of aliphatic imine (C=N–C) groups is 1. The Morgan fingerprint density at radius 1 is 1.36 bits per heavy atom. The highest BCUT2D eigenvalue weighted by molar-refractivity contribution is 8.14. The number of aromatic amines is 1. The Balaban J connectivity index is 1.64. The van der Waals surface area contributed by atoms with Crippen molar-refractivity contribution in [2.45, 2.75) is 44.2 Å². The lowest BCUT2D eigenvalue weighted by molar-refractivity contribution is -0.137. The monoisotopic (exact) mass is 377 g/mol. The van der Waals surface area contributed by atoms with E-state index < -0.39 is 5.97 Å². The molecule has 1 aliphatic heterocycles. The normalized spacial score (nSPS) is 21.0. The van der Waals surface area contributed by atoms with Gasteiger partial charge in [0.1, 0.15) is 5.04 Å². The van der Waals surface area contributed by atoms with Crippen molar-refractivity contribution in [2.24, 2.45) is 4.99 Å². The van der Waals surface area contributed by atoms with Crippen LogP contribution < -0.4 is 5.32 Å². The number of thioether (sulfide) groups is 1.